The number of hydrogen-bond donors (Lipinski definition) is 0. The Balaban J connectivity index is 1.17. The van der Waals surface area contributed by atoms with E-state index in [0.717, 1.165) is 28.8 Å². The first-order valence-electron chi connectivity index (χ1n) is 20.7. The van der Waals surface area contributed by atoms with E-state index in [1.807, 2.05) is 0 Å². The smallest absolute Gasteiger partial charge is 0.178 e. The molecule has 0 fully saturated rings. The fourth-order valence-electron chi connectivity index (χ4n) is 10.6. The molecule has 7 aromatic rings. The van der Waals surface area contributed by atoms with Gasteiger partial charge in [0.15, 0.2) is 5.60 Å². The van der Waals surface area contributed by atoms with Gasteiger partial charge < -0.3 is 9.64 Å². The van der Waals surface area contributed by atoms with Crippen molar-refractivity contribution in [1.82, 2.24) is 0 Å². The molecular weight excluding hydrogens is 679 g/mol. The Morgan fingerprint density at radius 1 is 0.571 bits per heavy atom. The first-order valence-corrected chi connectivity index (χ1v) is 20.7. The van der Waals surface area contributed by atoms with Gasteiger partial charge in [-0.2, -0.15) is 0 Å². The topological polar surface area (TPSA) is 12.5 Å². The van der Waals surface area contributed by atoms with E-state index in [1.54, 1.807) is 0 Å². The van der Waals surface area contributed by atoms with E-state index in [0.29, 0.717) is 0 Å². The van der Waals surface area contributed by atoms with E-state index in [-0.39, 0.29) is 10.8 Å². The Labute approximate surface area is 332 Å². The Kier molecular flexibility index (Phi) is 7.91. The van der Waals surface area contributed by atoms with Gasteiger partial charge in [-0.3, -0.25) is 0 Å². The van der Waals surface area contributed by atoms with Gasteiger partial charge in [-0.25, -0.2) is 0 Å². The second-order valence-electron chi connectivity index (χ2n) is 17.5. The largest absolute Gasteiger partial charge is 0.472 e. The molecule has 2 heteroatoms. The maximum Gasteiger partial charge on any atom is 0.178 e. The number of rotatable bonds is 8. The lowest BCUT2D eigenvalue weighted by Crippen LogP contribution is -2.35. The third-order valence-corrected chi connectivity index (χ3v) is 13.5. The first kappa shape index (κ1) is 34.9. The molecular formula is C54H51NO. The average Bonchev–Trinajstić information content (AvgIpc) is 3.62. The molecule has 0 bridgehead atoms. The van der Waals surface area contributed by atoms with Crippen molar-refractivity contribution in [3.8, 4) is 28.0 Å². The minimum Gasteiger partial charge on any atom is -0.472 e. The number of benzene rings is 7. The molecule has 1 aliphatic heterocycles. The van der Waals surface area contributed by atoms with Crippen LogP contribution in [0.15, 0.2) is 133 Å². The van der Waals surface area contributed by atoms with Crippen molar-refractivity contribution in [3.05, 3.63) is 172 Å². The van der Waals surface area contributed by atoms with E-state index < -0.39 is 5.60 Å². The summed E-state index contributed by atoms with van der Waals surface area (Å²) in [4.78, 5) is 2.40. The van der Waals surface area contributed by atoms with Gasteiger partial charge in [0.1, 0.15) is 5.75 Å². The summed E-state index contributed by atoms with van der Waals surface area (Å²) >= 11 is 0. The highest BCUT2D eigenvalue weighted by Gasteiger charge is 2.45. The summed E-state index contributed by atoms with van der Waals surface area (Å²) in [6, 6.07) is 47.7. The lowest BCUT2D eigenvalue weighted by molar-refractivity contribution is 0.163. The van der Waals surface area contributed by atoms with Crippen LogP contribution < -0.4 is 9.64 Å². The number of unbranched alkanes of at least 4 members (excludes halogenated alkanes) is 3. The van der Waals surface area contributed by atoms with Gasteiger partial charge in [-0.15, -0.1) is 0 Å². The van der Waals surface area contributed by atoms with Crippen LogP contribution in [0.3, 0.4) is 0 Å². The van der Waals surface area contributed by atoms with Gasteiger partial charge in [0.05, 0.1) is 0 Å². The fraction of sp³-hybridized carbons (Fsp3) is 0.259. The zero-order valence-electron chi connectivity index (χ0n) is 33.7. The molecule has 2 aliphatic carbocycles. The predicted molar refractivity (Wildman–Crippen MR) is 237 cm³/mol. The van der Waals surface area contributed by atoms with Crippen LogP contribution in [-0.4, -0.2) is 13.6 Å². The highest BCUT2D eigenvalue weighted by atomic mass is 16.5. The van der Waals surface area contributed by atoms with Gasteiger partial charge in [0, 0.05) is 52.2 Å². The van der Waals surface area contributed by atoms with Crippen LogP contribution in [0.5, 0.6) is 5.75 Å². The Bertz CT molecular complexity index is 2730. The second-order valence-corrected chi connectivity index (χ2v) is 17.5. The average molecular weight is 730 g/mol. The molecule has 2 nitrogen and oxygen atoms in total. The van der Waals surface area contributed by atoms with Crippen molar-refractivity contribution in [2.75, 3.05) is 18.5 Å². The zero-order valence-corrected chi connectivity index (χ0v) is 33.7. The van der Waals surface area contributed by atoms with Crippen molar-refractivity contribution >= 4 is 33.3 Å². The molecule has 0 amide bonds. The molecule has 10 rings (SSSR count). The third kappa shape index (κ3) is 4.94. The van der Waals surface area contributed by atoms with Crippen molar-refractivity contribution in [2.45, 2.75) is 76.7 Å². The van der Waals surface area contributed by atoms with E-state index >= 15 is 0 Å². The molecule has 0 aromatic heterocycles. The fourth-order valence-corrected chi connectivity index (χ4v) is 10.6. The zero-order chi connectivity index (χ0) is 38.4. The standard InChI is InChI=1S/C54H51NO/c1-7-8-9-16-33-55(6)38-27-24-36(25-28-38)54(37-26-30-40-42-29-23-35-17-10-11-18-39(35)49(42)53(4,5)47(40)34-37)32-31-45-50-48(41-19-12-13-20-43(41)51(45)56-54)44-21-14-15-22-46(44)52(50,2)3/h10-15,17-32,34H,7-9,16,33H2,1-6H3. The van der Waals surface area contributed by atoms with E-state index in [2.05, 4.69) is 186 Å². The Morgan fingerprint density at radius 2 is 1.25 bits per heavy atom. The van der Waals surface area contributed by atoms with Crippen LogP contribution in [0.2, 0.25) is 0 Å². The lowest BCUT2D eigenvalue weighted by atomic mass is 9.75. The maximum atomic E-state index is 7.79. The summed E-state index contributed by atoms with van der Waals surface area (Å²) in [6.07, 6.45) is 9.78. The van der Waals surface area contributed by atoms with Crippen molar-refractivity contribution in [1.29, 1.82) is 0 Å². The van der Waals surface area contributed by atoms with E-state index in [4.69, 9.17) is 4.74 Å². The highest BCUT2D eigenvalue weighted by molar-refractivity contribution is 6.08. The van der Waals surface area contributed by atoms with Gasteiger partial charge in [-0.05, 0) is 91.4 Å². The Hall–Kier alpha value is -5.60. The molecule has 1 heterocycles. The number of ether oxygens (including phenoxy) is 1. The highest BCUT2D eigenvalue weighted by Crippen LogP contribution is 2.59. The summed E-state index contributed by atoms with van der Waals surface area (Å²) in [5, 5.41) is 5.04. The third-order valence-electron chi connectivity index (χ3n) is 13.5. The van der Waals surface area contributed by atoms with Crippen LogP contribution in [0, 0.1) is 0 Å². The van der Waals surface area contributed by atoms with E-state index in [9.17, 15) is 0 Å². The molecule has 0 spiro atoms. The van der Waals surface area contributed by atoms with Crippen LogP contribution in [-0.2, 0) is 16.4 Å². The van der Waals surface area contributed by atoms with Crippen LogP contribution in [0.1, 0.15) is 99.2 Å². The van der Waals surface area contributed by atoms with Gasteiger partial charge >= 0.3 is 0 Å². The molecule has 0 saturated carbocycles. The van der Waals surface area contributed by atoms with Crippen LogP contribution >= 0.6 is 0 Å². The second kappa shape index (κ2) is 12.7. The summed E-state index contributed by atoms with van der Waals surface area (Å²) in [7, 11) is 2.22. The summed E-state index contributed by atoms with van der Waals surface area (Å²) in [5.41, 5.74) is 14.3. The lowest BCUT2D eigenvalue weighted by Gasteiger charge is -2.39. The van der Waals surface area contributed by atoms with E-state index in [1.165, 1.54) is 97.6 Å². The SMILES string of the molecule is CCCCCCN(C)c1ccc(C2(c3ccc4c(c3)C(C)(C)c3c-4ccc4ccccc34)C=Cc3c4c(c5ccccc5c3O2)-c2ccccc2C4(C)C)cc1. The van der Waals surface area contributed by atoms with Crippen LogP contribution in [0.4, 0.5) is 5.69 Å². The minimum atomic E-state index is -0.847. The summed E-state index contributed by atoms with van der Waals surface area (Å²) < 4.78 is 7.79. The molecule has 1 unspecified atom stereocenters. The molecule has 0 radical (unpaired) electrons. The van der Waals surface area contributed by atoms with Crippen molar-refractivity contribution < 1.29 is 4.74 Å². The van der Waals surface area contributed by atoms with Crippen molar-refractivity contribution in [2.24, 2.45) is 0 Å². The molecule has 1 atom stereocenters. The minimum absolute atomic E-state index is 0.177. The van der Waals surface area contributed by atoms with Crippen LogP contribution in [0.25, 0.3) is 49.9 Å². The Morgan fingerprint density at radius 3 is 2.05 bits per heavy atom. The number of nitrogens with zero attached hydrogens (tertiary/aromatic N) is 1. The van der Waals surface area contributed by atoms with Gasteiger partial charge in [0.25, 0.3) is 0 Å². The maximum absolute atomic E-state index is 7.79. The number of fused-ring (bicyclic) bond motifs is 13. The molecule has 278 valence electrons. The summed E-state index contributed by atoms with van der Waals surface area (Å²) in [6.45, 7) is 12.9. The molecule has 56 heavy (non-hydrogen) atoms. The normalized spacial score (nSPS) is 17.9. The summed E-state index contributed by atoms with van der Waals surface area (Å²) in [5.74, 6) is 0.967. The van der Waals surface area contributed by atoms with Gasteiger partial charge in [-0.1, -0.05) is 169 Å². The van der Waals surface area contributed by atoms with Crippen molar-refractivity contribution in [3.63, 3.8) is 0 Å². The molecule has 0 N–H and O–H groups in total. The van der Waals surface area contributed by atoms with Gasteiger partial charge in [0.2, 0.25) is 0 Å². The molecule has 0 saturated heterocycles. The molecule has 3 aliphatic rings. The number of anilines is 1. The predicted octanol–water partition coefficient (Wildman–Crippen LogP) is 14.0. The quantitative estimate of drug-likeness (QED) is 0.144. The molecule has 7 aromatic carbocycles. The first-order chi connectivity index (χ1) is 27.1. The number of hydrogen-bond acceptors (Lipinski definition) is 2. The monoisotopic (exact) mass is 729 g/mol.